The van der Waals surface area contributed by atoms with Crippen LogP contribution < -0.4 is 5.32 Å². The van der Waals surface area contributed by atoms with Gasteiger partial charge in [-0.1, -0.05) is 12.1 Å². The summed E-state index contributed by atoms with van der Waals surface area (Å²) in [6.07, 6.45) is 3.05. The van der Waals surface area contributed by atoms with Crippen LogP contribution in [0.5, 0.6) is 11.5 Å². The first-order valence-corrected chi connectivity index (χ1v) is 5.53. The number of aliphatic hydroxyl groups is 1. The fraction of sp³-hybridized carbons (Fsp3) is 0.500. The molecule has 0 bridgehead atoms. The second-order valence-corrected chi connectivity index (χ2v) is 4.43. The Labute approximate surface area is 94.5 Å². The highest BCUT2D eigenvalue weighted by atomic mass is 16.3. The zero-order valence-electron chi connectivity index (χ0n) is 9.11. The summed E-state index contributed by atoms with van der Waals surface area (Å²) < 4.78 is 0. The number of phenolic OH excluding ortho intramolecular Hbond substituents is 2. The van der Waals surface area contributed by atoms with E-state index in [1.165, 1.54) is 6.07 Å². The molecule has 1 aliphatic carbocycles. The van der Waals surface area contributed by atoms with Gasteiger partial charge in [-0.15, -0.1) is 0 Å². The van der Waals surface area contributed by atoms with Crippen molar-refractivity contribution in [1.29, 1.82) is 0 Å². The number of benzene rings is 1. The molecule has 1 aromatic carbocycles. The van der Waals surface area contributed by atoms with Gasteiger partial charge in [-0.25, -0.2) is 0 Å². The van der Waals surface area contributed by atoms with Crippen LogP contribution in [0.1, 0.15) is 24.8 Å². The van der Waals surface area contributed by atoms with Gasteiger partial charge in [0.15, 0.2) is 11.5 Å². The molecule has 1 fully saturated rings. The maximum atomic E-state index is 9.61. The maximum absolute atomic E-state index is 9.61. The van der Waals surface area contributed by atoms with E-state index in [-0.39, 0.29) is 23.6 Å². The van der Waals surface area contributed by atoms with E-state index in [1.54, 1.807) is 12.1 Å². The molecule has 1 aromatic rings. The van der Waals surface area contributed by atoms with Crippen molar-refractivity contribution < 1.29 is 15.3 Å². The minimum Gasteiger partial charge on any atom is -0.504 e. The Balaban J connectivity index is 2.02. The summed E-state index contributed by atoms with van der Waals surface area (Å²) in [5.74, 6) is -0.187. The maximum Gasteiger partial charge on any atom is 0.161 e. The molecule has 0 spiro atoms. The number of para-hydroxylation sites is 1. The third-order valence-corrected chi connectivity index (χ3v) is 3.37. The van der Waals surface area contributed by atoms with Crippen LogP contribution in [0.4, 0.5) is 0 Å². The van der Waals surface area contributed by atoms with Gasteiger partial charge in [-0.3, -0.25) is 0 Å². The molecule has 1 saturated carbocycles. The van der Waals surface area contributed by atoms with Gasteiger partial charge >= 0.3 is 0 Å². The van der Waals surface area contributed by atoms with Crippen molar-refractivity contribution >= 4 is 0 Å². The van der Waals surface area contributed by atoms with Gasteiger partial charge in [-0.05, 0) is 25.3 Å². The number of aromatic hydroxyl groups is 2. The number of rotatable bonds is 4. The molecule has 0 heterocycles. The van der Waals surface area contributed by atoms with E-state index in [4.69, 9.17) is 0 Å². The van der Waals surface area contributed by atoms with Crippen LogP contribution in [0, 0.1) is 0 Å². The molecule has 0 radical (unpaired) electrons. The number of hydrogen-bond acceptors (Lipinski definition) is 4. The SMILES string of the molecule is OCC1(NCc2cccc(O)c2O)CCC1. The third kappa shape index (κ3) is 1.99. The highest BCUT2D eigenvalue weighted by Gasteiger charge is 2.35. The van der Waals surface area contributed by atoms with Crippen LogP contribution >= 0.6 is 0 Å². The minimum absolute atomic E-state index is 0.0811. The molecule has 2 rings (SSSR count). The van der Waals surface area contributed by atoms with Gasteiger partial charge in [0.2, 0.25) is 0 Å². The summed E-state index contributed by atoms with van der Waals surface area (Å²) in [4.78, 5) is 0. The van der Waals surface area contributed by atoms with Gasteiger partial charge in [0.25, 0.3) is 0 Å². The molecule has 1 aliphatic rings. The van der Waals surface area contributed by atoms with Gasteiger partial charge in [-0.2, -0.15) is 0 Å². The van der Waals surface area contributed by atoms with Crippen molar-refractivity contribution in [3.63, 3.8) is 0 Å². The number of aliphatic hydroxyl groups excluding tert-OH is 1. The molecular weight excluding hydrogens is 206 g/mol. The first kappa shape index (κ1) is 11.2. The predicted octanol–water partition coefficient (Wildman–Crippen LogP) is 1.10. The molecule has 4 nitrogen and oxygen atoms in total. The molecule has 0 aliphatic heterocycles. The Morgan fingerprint density at radius 2 is 2.00 bits per heavy atom. The predicted molar refractivity (Wildman–Crippen MR) is 60.3 cm³/mol. The van der Waals surface area contributed by atoms with Crippen molar-refractivity contribution in [2.24, 2.45) is 0 Å². The van der Waals surface area contributed by atoms with E-state index in [0.717, 1.165) is 19.3 Å². The van der Waals surface area contributed by atoms with Crippen molar-refractivity contribution in [1.82, 2.24) is 5.32 Å². The van der Waals surface area contributed by atoms with E-state index < -0.39 is 0 Å². The van der Waals surface area contributed by atoms with Gasteiger partial charge in [0.05, 0.1) is 6.61 Å². The summed E-state index contributed by atoms with van der Waals surface area (Å²) in [7, 11) is 0. The summed E-state index contributed by atoms with van der Waals surface area (Å²) in [5, 5.41) is 31.4. The van der Waals surface area contributed by atoms with Crippen molar-refractivity contribution in [3.05, 3.63) is 23.8 Å². The van der Waals surface area contributed by atoms with Gasteiger partial charge in [0.1, 0.15) is 0 Å². The molecule has 4 heteroatoms. The van der Waals surface area contributed by atoms with E-state index in [2.05, 4.69) is 5.32 Å². The quantitative estimate of drug-likeness (QED) is 0.577. The van der Waals surface area contributed by atoms with Crippen molar-refractivity contribution in [2.75, 3.05) is 6.61 Å². The summed E-state index contributed by atoms with van der Waals surface area (Å²) in [5.41, 5.74) is 0.470. The lowest BCUT2D eigenvalue weighted by molar-refractivity contribution is 0.0869. The Morgan fingerprint density at radius 1 is 1.25 bits per heavy atom. The lowest BCUT2D eigenvalue weighted by Crippen LogP contribution is -2.53. The largest absolute Gasteiger partial charge is 0.504 e. The minimum atomic E-state index is -0.183. The summed E-state index contributed by atoms with van der Waals surface area (Å²) >= 11 is 0. The summed E-state index contributed by atoms with van der Waals surface area (Å²) in [6.45, 7) is 0.577. The highest BCUT2D eigenvalue weighted by Crippen LogP contribution is 2.33. The number of nitrogens with one attached hydrogen (secondary N) is 1. The fourth-order valence-electron chi connectivity index (χ4n) is 2.00. The number of hydrogen-bond donors (Lipinski definition) is 4. The van der Waals surface area contributed by atoms with Crippen molar-refractivity contribution in [3.8, 4) is 11.5 Å². The van der Waals surface area contributed by atoms with Gasteiger partial charge < -0.3 is 20.6 Å². The normalized spacial score (nSPS) is 18.1. The van der Waals surface area contributed by atoms with Crippen LogP contribution in [0.3, 0.4) is 0 Å². The third-order valence-electron chi connectivity index (χ3n) is 3.37. The molecule has 88 valence electrons. The molecular formula is C12H17NO3. The van der Waals surface area contributed by atoms with Gasteiger partial charge in [0, 0.05) is 17.6 Å². The van der Waals surface area contributed by atoms with Crippen LogP contribution in [0.15, 0.2) is 18.2 Å². The van der Waals surface area contributed by atoms with Crippen LogP contribution in [-0.2, 0) is 6.54 Å². The Kier molecular flexibility index (Phi) is 3.03. The van der Waals surface area contributed by atoms with Crippen LogP contribution in [-0.4, -0.2) is 27.5 Å². The van der Waals surface area contributed by atoms with E-state index in [9.17, 15) is 15.3 Å². The molecule has 0 saturated heterocycles. The monoisotopic (exact) mass is 223 g/mol. The molecule has 4 N–H and O–H groups in total. The lowest BCUT2D eigenvalue weighted by atomic mass is 9.77. The standard InChI is InChI=1S/C12H17NO3/c14-8-12(5-2-6-12)13-7-9-3-1-4-10(15)11(9)16/h1,3-4,13-16H,2,5-8H2. The van der Waals surface area contributed by atoms with Crippen molar-refractivity contribution in [2.45, 2.75) is 31.3 Å². The lowest BCUT2D eigenvalue weighted by Gasteiger charge is -2.41. The Morgan fingerprint density at radius 3 is 2.56 bits per heavy atom. The second-order valence-electron chi connectivity index (χ2n) is 4.43. The Bertz CT molecular complexity index is 369. The van der Waals surface area contributed by atoms with Crippen LogP contribution in [0.25, 0.3) is 0 Å². The number of phenols is 2. The Hall–Kier alpha value is -1.26. The van der Waals surface area contributed by atoms with E-state index in [0.29, 0.717) is 12.1 Å². The smallest absolute Gasteiger partial charge is 0.161 e. The van der Waals surface area contributed by atoms with E-state index in [1.807, 2.05) is 0 Å². The highest BCUT2D eigenvalue weighted by molar-refractivity contribution is 5.44. The molecule has 16 heavy (non-hydrogen) atoms. The molecule has 0 atom stereocenters. The van der Waals surface area contributed by atoms with E-state index >= 15 is 0 Å². The topological polar surface area (TPSA) is 72.7 Å². The zero-order valence-corrected chi connectivity index (χ0v) is 9.11. The molecule has 0 amide bonds. The first-order chi connectivity index (χ1) is 7.67. The summed E-state index contributed by atoms with van der Waals surface area (Å²) in [6, 6.07) is 4.90. The first-order valence-electron chi connectivity index (χ1n) is 5.53. The molecule has 0 unspecified atom stereocenters. The average Bonchev–Trinajstić information content (AvgIpc) is 2.23. The molecule has 0 aromatic heterocycles. The second kappa shape index (κ2) is 4.31. The van der Waals surface area contributed by atoms with Crippen LogP contribution in [0.2, 0.25) is 0 Å². The fourth-order valence-corrected chi connectivity index (χ4v) is 2.00. The zero-order chi connectivity index (χ0) is 11.6. The average molecular weight is 223 g/mol.